The Morgan fingerprint density at radius 2 is 2.17 bits per heavy atom. The van der Waals surface area contributed by atoms with Gasteiger partial charge in [0, 0.05) is 16.0 Å². The van der Waals surface area contributed by atoms with Crippen molar-refractivity contribution in [2.75, 3.05) is 6.79 Å². The third-order valence-electron chi connectivity index (χ3n) is 5.48. The molecule has 122 valence electrons. The van der Waals surface area contributed by atoms with Crippen molar-refractivity contribution in [2.45, 2.75) is 32.6 Å². The minimum atomic E-state index is 0.0486. The normalized spacial score (nSPS) is 31.0. The molecule has 0 saturated heterocycles. The molecule has 6 heteroatoms. The zero-order valence-electron chi connectivity index (χ0n) is 13.0. The molecule has 1 heterocycles. The summed E-state index contributed by atoms with van der Waals surface area (Å²) in [6.45, 7) is 2.47. The Kier molecular flexibility index (Phi) is 3.59. The minimum absolute atomic E-state index is 0.0486. The van der Waals surface area contributed by atoms with E-state index in [1.165, 1.54) is 19.3 Å². The fourth-order valence-electron chi connectivity index (χ4n) is 4.12. The van der Waals surface area contributed by atoms with E-state index in [1.54, 1.807) is 6.21 Å². The summed E-state index contributed by atoms with van der Waals surface area (Å²) in [7, 11) is 0. The number of nitrogens with one attached hydrogen (secondary N) is 1. The summed E-state index contributed by atoms with van der Waals surface area (Å²) in [5.74, 6) is 2.13. The number of benzene rings is 1. The van der Waals surface area contributed by atoms with Gasteiger partial charge in [0.1, 0.15) is 0 Å². The van der Waals surface area contributed by atoms with Crippen LogP contribution in [0.25, 0.3) is 0 Å². The lowest BCUT2D eigenvalue weighted by molar-refractivity contribution is -0.123. The fraction of sp³-hybridized carbons (Fsp3) is 0.529. The van der Waals surface area contributed by atoms with Crippen molar-refractivity contribution in [3.05, 3.63) is 22.2 Å². The number of fused-ring (bicyclic) bond motifs is 2. The second-order valence-electron chi connectivity index (χ2n) is 6.80. The molecule has 0 radical (unpaired) electrons. The molecule has 3 aliphatic rings. The number of amides is 1. The molecule has 23 heavy (non-hydrogen) atoms. The van der Waals surface area contributed by atoms with E-state index in [0.29, 0.717) is 17.4 Å². The van der Waals surface area contributed by atoms with Gasteiger partial charge in [-0.05, 0) is 52.2 Å². The number of hydrazone groups is 1. The van der Waals surface area contributed by atoms with Crippen LogP contribution in [0.15, 0.2) is 21.7 Å². The number of nitrogens with zero attached hydrogens (tertiary/aromatic N) is 1. The molecule has 1 N–H and O–H groups in total. The highest BCUT2D eigenvalue weighted by atomic mass is 79.9. The van der Waals surface area contributed by atoms with E-state index in [4.69, 9.17) is 9.47 Å². The van der Waals surface area contributed by atoms with Gasteiger partial charge in [-0.15, -0.1) is 0 Å². The molecule has 2 aliphatic carbocycles. The van der Waals surface area contributed by atoms with Crippen LogP contribution in [0.3, 0.4) is 0 Å². The first-order valence-electron chi connectivity index (χ1n) is 8.02. The molecule has 0 aromatic heterocycles. The van der Waals surface area contributed by atoms with Gasteiger partial charge in [-0.3, -0.25) is 4.79 Å². The summed E-state index contributed by atoms with van der Waals surface area (Å²) in [6, 6.07) is 3.70. The van der Waals surface area contributed by atoms with Crippen LogP contribution >= 0.6 is 15.9 Å². The van der Waals surface area contributed by atoms with Gasteiger partial charge >= 0.3 is 0 Å². The molecule has 1 amide bonds. The lowest BCUT2D eigenvalue weighted by atomic mass is 9.90. The van der Waals surface area contributed by atoms with Gasteiger partial charge in [0.15, 0.2) is 11.5 Å². The van der Waals surface area contributed by atoms with E-state index in [-0.39, 0.29) is 24.0 Å². The molecular weight excluding hydrogens is 360 g/mol. The molecule has 0 spiro atoms. The van der Waals surface area contributed by atoms with Crippen molar-refractivity contribution in [2.24, 2.45) is 22.4 Å². The van der Waals surface area contributed by atoms with Gasteiger partial charge in [-0.2, -0.15) is 5.10 Å². The summed E-state index contributed by atoms with van der Waals surface area (Å²) >= 11 is 3.48. The number of ether oxygens (including phenoxy) is 2. The number of halogens is 1. The van der Waals surface area contributed by atoms with Crippen molar-refractivity contribution in [3.63, 3.8) is 0 Å². The van der Waals surface area contributed by atoms with Crippen molar-refractivity contribution >= 4 is 28.1 Å². The van der Waals surface area contributed by atoms with E-state index >= 15 is 0 Å². The largest absolute Gasteiger partial charge is 0.454 e. The number of hydrogen-bond donors (Lipinski definition) is 1. The lowest BCUT2D eigenvalue weighted by Crippen LogP contribution is -2.22. The predicted octanol–water partition coefficient (Wildman–Crippen LogP) is 3.45. The Bertz CT molecular complexity index is 691. The summed E-state index contributed by atoms with van der Waals surface area (Å²) in [5, 5.41) is 4.13. The Hall–Kier alpha value is -1.56. The van der Waals surface area contributed by atoms with Crippen LogP contribution in [0.4, 0.5) is 0 Å². The number of hydrogen-bond acceptors (Lipinski definition) is 4. The van der Waals surface area contributed by atoms with E-state index in [9.17, 15) is 4.79 Å². The number of rotatable bonds is 3. The van der Waals surface area contributed by atoms with Gasteiger partial charge in [-0.1, -0.05) is 19.8 Å². The molecule has 3 atom stereocenters. The van der Waals surface area contributed by atoms with Gasteiger partial charge in [-0.25, -0.2) is 5.43 Å². The Labute approximate surface area is 143 Å². The van der Waals surface area contributed by atoms with E-state index in [0.717, 1.165) is 16.5 Å². The molecule has 1 aromatic rings. The van der Waals surface area contributed by atoms with E-state index in [1.807, 2.05) is 12.1 Å². The smallest absolute Gasteiger partial charge is 0.244 e. The van der Waals surface area contributed by atoms with Gasteiger partial charge in [0.05, 0.1) is 6.21 Å². The third-order valence-corrected chi connectivity index (χ3v) is 6.17. The van der Waals surface area contributed by atoms with Crippen LogP contribution in [-0.4, -0.2) is 18.9 Å². The number of carbonyl (C=O) groups is 1. The van der Waals surface area contributed by atoms with Crippen LogP contribution in [0.2, 0.25) is 0 Å². The molecule has 4 rings (SSSR count). The second kappa shape index (κ2) is 5.51. The Morgan fingerprint density at radius 3 is 2.91 bits per heavy atom. The average molecular weight is 379 g/mol. The molecular formula is C17H19BrN2O3. The summed E-state index contributed by atoms with van der Waals surface area (Å²) < 4.78 is 11.5. The predicted molar refractivity (Wildman–Crippen MR) is 89.6 cm³/mol. The highest BCUT2D eigenvalue weighted by Gasteiger charge is 2.64. The monoisotopic (exact) mass is 378 g/mol. The van der Waals surface area contributed by atoms with Crippen LogP contribution in [0.5, 0.6) is 11.5 Å². The summed E-state index contributed by atoms with van der Waals surface area (Å²) in [6.07, 6.45) is 6.46. The highest BCUT2D eigenvalue weighted by molar-refractivity contribution is 9.10. The lowest BCUT2D eigenvalue weighted by Gasteiger charge is -2.15. The van der Waals surface area contributed by atoms with Crippen molar-refractivity contribution in [1.29, 1.82) is 0 Å². The first kappa shape index (κ1) is 15.0. The van der Waals surface area contributed by atoms with Crippen LogP contribution in [0.1, 0.15) is 38.2 Å². The maximum Gasteiger partial charge on any atom is 0.244 e. The molecule has 0 bridgehead atoms. The van der Waals surface area contributed by atoms with E-state index in [2.05, 4.69) is 33.4 Å². The van der Waals surface area contributed by atoms with Gasteiger partial charge in [0.2, 0.25) is 12.7 Å². The minimum Gasteiger partial charge on any atom is -0.454 e. The maximum absolute atomic E-state index is 12.4. The fourth-order valence-corrected chi connectivity index (χ4v) is 4.54. The standard InChI is InChI=1S/C17H19BrN2O3/c1-17-5-3-2-4-11(17)15(17)16(21)20-19-8-10-6-13-14(7-12(10)18)23-9-22-13/h6-8,11,15H,2-5,9H2,1H3,(H,20,21)/b19-8-/t11-,15-,17-/m1/s1. The molecule has 0 unspecified atom stereocenters. The van der Waals surface area contributed by atoms with Gasteiger partial charge < -0.3 is 9.47 Å². The van der Waals surface area contributed by atoms with Crippen LogP contribution in [0, 0.1) is 17.3 Å². The second-order valence-corrected chi connectivity index (χ2v) is 7.65. The molecule has 2 saturated carbocycles. The SMILES string of the molecule is C[C@@]12CCCC[C@@H]1[C@@H]2C(=O)N/N=C\c1cc2c(cc1Br)OCO2. The van der Waals surface area contributed by atoms with Crippen molar-refractivity contribution < 1.29 is 14.3 Å². The first-order valence-corrected chi connectivity index (χ1v) is 8.81. The maximum atomic E-state index is 12.4. The third kappa shape index (κ3) is 2.53. The number of carbonyl (C=O) groups excluding carboxylic acids is 1. The van der Waals surface area contributed by atoms with Gasteiger partial charge in [0.25, 0.3) is 0 Å². The van der Waals surface area contributed by atoms with E-state index < -0.39 is 0 Å². The summed E-state index contributed by atoms with van der Waals surface area (Å²) in [4.78, 5) is 12.4. The zero-order chi connectivity index (χ0) is 16.0. The zero-order valence-corrected chi connectivity index (χ0v) is 14.6. The van der Waals surface area contributed by atoms with Crippen molar-refractivity contribution in [1.82, 2.24) is 5.43 Å². The topological polar surface area (TPSA) is 59.9 Å². The average Bonchev–Trinajstić information content (AvgIpc) is 2.91. The quantitative estimate of drug-likeness (QED) is 0.647. The summed E-state index contributed by atoms with van der Waals surface area (Å²) in [5.41, 5.74) is 3.75. The Balaban J connectivity index is 1.41. The van der Waals surface area contributed by atoms with Crippen LogP contribution < -0.4 is 14.9 Å². The highest BCUT2D eigenvalue weighted by Crippen LogP contribution is 2.66. The Morgan fingerprint density at radius 1 is 1.39 bits per heavy atom. The van der Waals surface area contributed by atoms with Crippen LogP contribution in [-0.2, 0) is 4.79 Å². The molecule has 5 nitrogen and oxygen atoms in total. The molecule has 1 aliphatic heterocycles. The molecule has 1 aromatic carbocycles. The molecule has 2 fully saturated rings. The van der Waals surface area contributed by atoms with Crippen molar-refractivity contribution in [3.8, 4) is 11.5 Å². The first-order chi connectivity index (χ1) is 11.1.